The molecule has 0 saturated carbocycles. The Morgan fingerprint density at radius 1 is 1.10 bits per heavy atom. The number of rotatable bonds is 7. The number of carbonyl (C=O) groups excluding carboxylic acids is 2. The van der Waals surface area contributed by atoms with Crippen LogP contribution in [-0.2, 0) is 11.3 Å². The molecule has 0 unspecified atom stereocenters. The topological polar surface area (TPSA) is 52.7 Å². The molecule has 1 fully saturated rings. The summed E-state index contributed by atoms with van der Waals surface area (Å²) in [6.07, 6.45) is 2.07. The lowest BCUT2D eigenvalue weighted by molar-refractivity contribution is -0.125. The van der Waals surface area contributed by atoms with Gasteiger partial charge in [-0.15, -0.1) is 11.8 Å². The summed E-state index contributed by atoms with van der Waals surface area (Å²) < 4.78 is 0. The number of thioether (sulfide) groups is 1. The lowest BCUT2D eigenvalue weighted by Gasteiger charge is -2.33. The largest absolute Gasteiger partial charge is 0.348 e. The molecule has 1 saturated heterocycles. The van der Waals surface area contributed by atoms with Gasteiger partial charge in [-0.2, -0.15) is 0 Å². The van der Waals surface area contributed by atoms with Crippen LogP contribution in [0.15, 0.2) is 59.5 Å². The molecule has 0 aromatic heterocycles. The molecule has 1 N–H and O–H groups in total. The van der Waals surface area contributed by atoms with Crippen LogP contribution < -0.4 is 5.32 Å². The van der Waals surface area contributed by atoms with Gasteiger partial charge in [-0.05, 0) is 37.1 Å². The van der Waals surface area contributed by atoms with Crippen LogP contribution in [0, 0.1) is 0 Å². The van der Waals surface area contributed by atoms with Crippen molar-refractivity contribution in [3.63, 3.8) is 0 Å². The Morgan fingerprint density at radius 3 is 2.59 bits per heavy atom. The highest BCUT2D eigenvalue weighted by atomic mass is 32.2. The smallest absolute Gasteiger partial charge is 0.252 e. The zero-order valence-corrected chi connectivity index (χ0v) is 18.0. The normalized spacial score (nSPS) is 17.0. The molecule has 1 aliphatic rings. The molecule has 1 heterocycles. The second-order valence-electron chi connectivity index (χ2n) is 7.61. The van der Waals surface area contributed by atoms with Crippen molar-refractivity contribution in [2.75, 3.05) is 32.9 Å². The number of hydrogen-bond acceptors (Lipinski definition) is 4. The molecule has 0 spiro atoms. The van der Waals surface area contributed by atoms with Gasteiger partial charge in [0.1, 0.15) is 0 Å². The van der Waals surface area contributed by atoms with Crippen LogP contribution in [-0.4, -0.2) is 60.6 Å². The number of carbonyl (C=O) groups is 2. The molecule has 2 aromatic rings. The molecular formula is C23H29N3O2S. The first-order valence-corrected chi connectivity index (χ1v) is 11.0. The van der Waals surface area contributed by atoms with E-state index in [4.69, 9.17) is 0 Å². The third-order valence-electron chi connectivity index (χ3n) is 5.07. The number of amides is 2. The van der Waals surface area contributed by atoms with Crippen LogP contribution in [0.4, 0.5) is 0 Å². The van der Waals surface area contributed by atoms with E-state index in [1.54, 1.807) is 19.0 Å². The molecule has 1 atom stereocenters. The minimum absolute atomic E-state index is 0.0362. The first-order chi connectivity index (χ1) is 14.0. The number of nitrogens with zero attached hydrogens (tertiary/aromatic N) is 2. The van der Waals surface area contributed by atoms with Gasteiger partial charge in [0.2, 0.25) is 5.91 Å². The van der Waals surface area contributed by atoms with Crippen LogP contribution in [0.25, 0.3) is 0 Å². The predicted molar refractivity (Wildman–Crippen MR) is 118 cm³/mol. The second-order valence-corrected chi connectivity index (χ2v) is 8.62. The van der Waals surface area contributed by atoms with Gasteiger partial charge in [-0.25, -0.2) is 0 Å². The van der Waals surface area contributed by atoms with Crippen molar-refractivity contribution in [1.29, 1.82) is 0 Å². The average Bonchev–Trinajstić information content (AvgIpc) is 2.73. The third-order valence-corrected chi connectivity index (χ3v) is 6.13. The monoisotopic (exact) mass is 411 g/mol. The van der Waals surface area contributed by atoms with Crippen LogP contribution in [0.3, 0.4) is 0 Å². The number of nitrogens with one attached hydrogen (secondary N) is 1. The van der Waals surface area contributed by atoms with E-state index in [1.165, 1.54) is 17.3 Å². The van der Waals surface area contributed by atoms with E-state index in [1.807, 2.05) is 30.3 Å². The maximum absolute atomic E-state index is 12.9. The quantitative estimate of drug-likeness (QED) is 0.711. The third kappa shape index (κ3) is 6.34. The molecule has 154 valence electrons. The van der Waals surface area contributed by atoms with Crippen molar-refractivity contribution in [2.24, 2.45) is 0 Å². The standard InChI is InChI=1S/C23H29N3O2S/c1-25(2)22(27)17-29-21-13-7-6-12-20(21)23(28)24-19-11-8-14-26(16-19)15-18-9-4-3-5-10-18/h3-7,9-10,12-13,19H,8,11,14-17H2,1-2H3,(H,24,28)/t19-/m1/s1. The Labute approximate surface area is 177 Å². The fraction of sp³-hybridized carbons (Fsp3) is 0.391. The highest BCUT2D eigenvalue weighted by Crippen LogP contribution is 2.23. The summed E-state index contributed by atoms with van der Waals surface area (Å²) in [5.41, 5.74) is 1.94. The Balaban J connectivity index is 1.59. The predicted octanol–water partition coefficient (Wildman–Crippen LogP) is 3.26. The van der Waals surface area contributed by atoms with Gasteiger partial charge in [0.25, 0.3) is 5.91 Å². The molecule has 3 rings (SSSR count). The SMILES string of the molecule is CN(C)C(=O)CSc1ccccc1C(=O)N[C@@H]1CCCN(Cc2ccccc2)C1. The van der Waals surface area contributed by atoms with E-state index in [2.05, 4.69) is 34.5 Å². The Hall–Kier alpha value is -2.31. The van der Waals surface area contributed by atoms with E-state index in [-0.39, 0.29) is 17.9 Å². The summed E-state index contributed by atoms with van der Waals surface area (Å²) in [5, 5.41) is 3.21. The van der Waals surface area contributed by atoms with Crippen molar-refractivity contribution in [3.05, 3.63) is 65.7 Å². The second kappa shape index (κ2) is 10.5. The van der Waals surface area contributed by atoms with Crippen molar-refractivity contribution in [2.45, 2.75) is 30.3 Å². The first-order valence-electron chi connectivity index (χ1n) is 10.0. The minimum Gasteiger partial charge on any atom is -0.348 e. The fourth-order valence-corrected chi connectivity index (χ4v) is 4.50. The van der Waals surface area contributed by atoms with Crippen molar-refractivity contribution < 1.29 is 9.59 Å². The number of piperidine rings is 1. The summed E-state index contributed by atoms with van der Waals surface area (Å²) in [7, 11) is 3.48. The van der Waals surface area contributed by atoms with Gasteiger partial charge < -0.3 is 10.2 Å². The summed E-state index contributed by atoms with van der Waals surface area (Å²) in [5.74, 6) is 0.303. The fourth-order valence-electron chi connectivity index (χ4n) is 3.47. The highest BCUT2D eigenvalue weighted by Gasteiger charge is 2.23. The molecule has 0 bridgehead atoms. The van der Waals surface area contributed by atoms with Gasteiger partial charge in [-0.1, -0.05) is 42.5 Å². The van der Waals surface area contributed by atoms with E-state index >= 15 is 0 Å². The van der Waals surface area contributed by atoms with E-state index in [9.17, 15) is 9.59 Å². The van der Waals surface area contributed by atoms with Crippen molar-refractivity contribution >= 4 is 23.6 Å². The summed E-state index contributed by atoms with van der Waals surface area (Å²) >= 11 is 1.41. The molecule has 0 radical (unpaired) electrons. The first kappa shape index (κ1) is 21.4. The van der Waals surface area contributed by atoms with Crippen molar-refractivity contribution in [3.8, 4) is 0 Å². The van der Waals surface area contributed by atoms with Crippen LogP contribution >= 0.6 is 11.8 Å². The minimum atomic E-state index is -0.0584. The van der Waals surface area contributed by atoms with Gasteiger partial charge in [0.15, 0.2) is 0 Å². The molecule has 5 nitrogen and oxygen atoms in total. The van der Waals surface area contributed by atoms with E-state index in [0.717, 1.165) is 37.4 Å². The zero-order chi connectivity index (χ0) is 20.6. The molecule has 6 heteroatoms. The summed E-state index contributed by atoms with van der Waals surface area (Å²) in [6.45, 7) is 2.82. The Kier molecular flexibility index (Phi) is 7.72. The van der Waals surface area contributed by atoms with Gasteiger partial charge >= 0.3 is 0 Å². The average molecular weight is 412 g/mol. The van der Waals surface area contributed by atoms with Crippen LogP contribution in [0.2, 0.25) is 0 Å². The molecule has 1 aliphatic heterocycles. The van der Waals surface area contributed by atoms with Crippen LogP contribution in [0.5, 0.6) is 0 Å². The van der Waals surface area contributed by atoms with Gasteiger partial charge in [-0.3, -0.25) is 14.5 Å². The molecular weight excluding hydrogens is 382 g/mol. The van der Waals surface area contributed by atoms with E-state index < -0.39 is 0 Å². The number of benzene rings is 2. The van der Waals surface area contributed by atoms with Crippen LogP contribution in [0.1, 0.15) is 28.8 Å². The Morgan fingerprint density at radius 2 is 1.83 bits per heavy atom. The van der Waals surface area contributed by atoms with Gasteiger partial charge in [0, 0.05) is 38.1 Å². The zero-order valence-electron chi connectivity index (χ0n) is 17.1. The molecule has 2 amide bonds. The molecule has 2 aromatic carbocycles. The highest BCUT2D eigenvalue weighted by molar-refractivity contribution is 8.00. The van der Waals surface area contributed by atoms with Gasteiger partial charge in [0.05, 0.1) is 11.3 Å². The lowest BCUT2D eigenvalue weighted by atomic mass is 10.0. The maximum atomic E-state index is 12.9. The van der Waals surface area contributed by atoms with E-state index in [0.29, 0.717) is 11.3 Å². The summed E-state index contributed by atoms with van der Waals surface area (Å²) in [6, 6.07) is 18.1. The summed E-state index contributed by atoms with van der Waals surface area (Å²) in [4.78, 5) is 29.7. The molecule has 29 heavy (non-hydrogen) atoms. The number of hydrogen-bond donors (Lipinski definition) is 1. The van der Waals surface area contributed by atoms with Crippen molar-refractivity contribution in [1.82, 2.24) is 15.1 Å². The maximum Gasteiger partial charge on any atom is 0.252 e. The number of likely N-dealkylation sites (tertiary alicyclic amines) is 1. The Bertz CT molecular complexity index is 826. The molecule has 0 aliphatic carbocycles. The lowest BCUT2D eigenvalue weighted by Crippen LogP contribution is -2.47.